The number of allylic oxidation sites excluding steroid dienone is 2. The predicted octanol–water partition coefficient (Wildman–Crippen LogP) is 3.05. The number of thiazole rings is 1. The van der Waals surface area contributed by atoms with Gasteiger partial charge in [0.1, 0.15) is 0 Å². The smallest absolute Gasteiger partial charge is 0.254 e. The largest absolute Gasteiger partial charge is 0.340 e. The van der Waals surface area contributed by atoms with Gasteiger partial charge in [0.05, 0.1) is 12.2 Å². The Kier molecular flexibility index (Phi) is 4.63. The van der Waals surface area contributed by atoms with E-state index in [1.807, 2.05) is 11.0 Å². The van der Waals surface area contributed by atoms with E-state index in [-0.39, 0.29) is 5.91 Å². The van der Waals surface area contributed by atoms with Gasteiger partial charge in [-0.1, -0.05) is 30.6 Å². The molecule has 0 spiro atoms. The highest BCUT2D eigenvalue weighted by Crippen LogP contribution is 2.41. The molecule has 1 aromatic rings. The Hall–Kier alpha value is -1.92. The minimum atomic E-state index is 0.0969. The van der Waals surface area contributed by atoms with Crippen LogP contribution >= 0.6 is 11.3 Å². The monoisotopic (exact) mass is 396 g/mol. The molecule has 2 unspecified atom stereocenters. The Bertz CT molecular complexity index is 837. The van der Waals surface area contributed by atoms with E-state index < -0.39 is 0 Å². The van der Waals surface area contributed by atoms with Crippen molar-refractivity contribution in [3.05, 3.63) is 47.0 Å². The lowest BCUT2D eigenvalue weighted by molar-refractivity contribution is -0.127. The summed E-state index contributed by atoms with van der Waals surface area (Å²) in [6.07, 6.45) is 9.20. The summed E-state index contributed by atoms with van der Waals surface area (Å²) < 4.78 is 0. The van der Waals surface area contributed by atoms with E-state index in [0.717, 1.165) is 55.2 Å². The molecule has 5 rings (SSSR count). The van der Waals surface area contributed by atoms with Crippen molar-refractivity contribution in [3.63, 3.8) is 0 Å². The number of amides is 1. The van der Waals surface area contributed by atoms with Crippen LogP contribution < -0.4 is 10.2 Å². The number of nitrogens with one attached hydrogen (secondary N) is 1. The van der Waals surface area contributed by atoms with Gasteiger partial charge in [-0.2, -0.15) is 0 Å². The number of hydrogen-bond donors (Lipinski definition) is 1. The van der Waals surface area contributed by atoms with E-state index in [4.69, 9.17) is 4.98 Å². The number of piperazine rings is 1. The number of fused-ring (bicyclic) bond motifs is 3. The van der Waals surface area contributed by atoms with Gasteiger partial charge >= 0.3 is 0 Å². The molecule has 1 saturated carbocycles. The first kappa shape index (κ1) is 18.1. The number of hydrogen-bond acceptors (Lipinski definition) is 5. The number of nitrogens with zero attached hydrogens (tertiary/aromatic N) is 3. The summed E-state index contributed by atoms with van der Waals surface area (Å²) in [5, 5.41) is 4.70. The van der Waals surface area contributed by atoms with Crippen LogP contribution in [0.2, 0.25) is 0 Å². The molecule has 1 aromatic heterocycles. The Balaban J connectivity index is 1.34. The first-order valence-corrected chi connectivity index (χ1v) is 11.3. The standard InChI is InChI=1S/C22H28N4OS/c1-3-4-18(14(2)15-5-6-15)21(27)25-10-9-19-20(13-25)28-22(24-19)26-16-7-8-17(26)12-23-11-16/h3-4,15-17,23H,1-2,5-13H2/b18-4+. The molecule has 148 valence electrons. The van der Waals surface area contributed by atoms with Gasteiger partial charge in [0, 0.05) is 48.6 Å². The first-order chi connectivity index (χ1) is 13.7. The average Bonchev–Trinajstić information content (AvgIpc) is 3.42. The van der Waals surface area contributed by atoms with Gasteiger partial charge in [0.15, 0.2) is 5.13 Å². The van der Waals surface area contributed by atoms with Crippen LogP contribution in [-0.4, -0.2) is 47.5 Å². The number of rotatable bonds is 5. The summed E-state index contributed by atoms with van der Waals surface area (Å²) in [6.45, 7) is 11.5. The van der Waals surface area contributed by atoms with Crippen LogP contribution in [0.15, 0.2) is 36.5 Å². The van der Waals surface area contributed by atoms with Gasteiger partial charge in [-0.05, 0) is 43.3 Å². The molecule has 2 saturated heterocycles. The Morgan fingerprint density at radius 3 is 2.64 bits per heavy atom. The predicted molar refractivity (Wildman–Crippen MR) is 114 cm³/mol. The topological polar surface area (TPSA) is 48.5 Å². The lowest BCUT2D eigenvalue weighted by atomic mass is 10.0. The van der Waals surface area contributed by atoms with Gasteiger partial charge < -0.3 is 15.1 Å². The molecule has 3 fully saturated rings. The van der Waals surface area contributed by atoms with Crippen molar-refractivity contribution in [3.8, 4) is 0 Å². The van der Waals surface area contributed by atoms with E-state index in [1.165, 1.54) is 23.4 Å². The van der Waals surface area contributed by atoms with Crippen molar-refractivity contribution in [2.75, 3.05) is 24.5 Å². The second-order valence-corrected chi connectivity index (χ2v) is 9.47. The molecule has 3 aliphatic heterocycles. The molecule has 6 heteroatoms. The summed E-state index contributed by atoms with van der Waals surface area (Å²) in [5.74, 6) is 0.577. The van der Waals surface area contributed by atoms with Crippen LogP contribution in [0.4, 0.5) is 5.13 Å². The van der Waals surface area contributed by atoms with Crippen molar-refractivity contribution in [1.29, 1.82) is 0 Å². The minimum absolute atomic E-state index is 0.0969. The number of carbonyl (C=O) groups is 1. The van der Waals surface area contributed by atoms with Crippen molar-refractivity contribution in [2.24, 2.45) is 5.92 Å². The Morgan fingerprint density at radius 1 is 1.21 bits per heavy atom. The fourth-order valence-corrected chi connectivity index (χ4v) is 6.08. The SMILES string of the molecule is C=C/C=C(\C(=C)C1CC1)C(=O)N1CCc2nc(N3C4CCC3CNC4)sc2C1. The zero-order valence-corrected chi connectivity index (χ0v) is 17.1. The summed E-state index contributed by atoms with van der Waals surface area (Å²) in [4.78, 5) is 24.0. The number of anilines is 1. The third-order valence-corrected chi connectivity index (χ3v) is 7.63. The molecule has 1 N–H and O–H groups in total. The first-order valence-electron chi connectivity index (χ1n) is 10.4. The Morgan fingerprint density at radius 2 is 1.96 bits per heavy atom. The number of carbonyl (C=O) groups excluding carboxylic acids is 1. The molecular weight excluding hydrogens is 368 g/mol. The fourth-order valence-electron chi connectivity index (χ4n) is 4.81. The van der Waals surface area contributed by atoms with Crippen LogP contribution in [0.25, 0.3) is 0 Å². The van der Waals surface area contributed by atoms with Crippen molar-refractivity contribution in [1.82, 2.24) is 15.2 Å². The molecule has 2 atom stereocenters. The van der Waals surface area contributed by atoms with Crippen molar-refractivity contribution < 1.29 is 4.79 Å². The van der Waals surface area contributed by atoms with E-state index in [0.29, 0.717) is 24.5 Å². The van der Waals surface area contributed by atoms with Gasteiger partial charge in [0.2, 0.25) is 0 Å². The normalized spacial score (nSPS) is 26.9. The third-order valence-electron chi connectivity index (χ3n) is 6.54. The van der Waals surface area contributed by atoms with Crippen LogP contribution in [0.1, 0.15) is 36.3 Å². The maximum absolute atomic E-state index is 13.2. The summed E-state index contributed by atoms with van der Waals surface area (Å²) in [6, 6.07) is 1.15. The van der Waals surface area contributed by atoms with E-state index in [2.05, 4.69) is 23.4 Å². The van der Waals surface area contributed by atoms with Gasteiger partial charge in [-0.25, -0.2) is 4.98 Å². The molecule has 1 aliphatic carbocycles. The molecule has 0 radical (unpaired) electrons. The lowest BCUT2D eigenvalue weighted by Gasteiger charge is -2.35. The highest BCUT2D eigenvalue weighted by molar-refractivity contribution is 7.15. The van der Waals surface area contributed by atoms with Gasteiger partial charge in [0.25, 0.3) is 5.91 Å². The van der Waals surface area contributed by atoms with Crippen LogP contribution in [0, 0.1) is 5.92 Å². The molecular formula is C22H28N4OS. The molecule has 5 nitrogen and oxygen atoms in total. The average molecular weight is 397 g/mol. The maximum atomic E-state index is 13.2. The molecule has 1 amide bonds. The minimum Gasteiger partial charge on any atom is -0.340 e. The Labute approximate surface area is 170 Å². The molecule has 4 aliphatic rings. The summed E-state index contributed by atoms with van der Waals surface area (Å²) in [5.41, 5.74) is 2.92. The van der Waals surface area contributed by atoms with Crippen molar-refractivity contribution >= 4 is 22.4 Å². The highest BCUT2D eigenvalue weighted by atomic mass is 32.1. The third kappa shape index (κ3) is 3.12. The molecule has 0 aromatic carbocycles. The van der Waals surface area contributed by atoms with Crippen molar-refractivity contribution in [2.45, 2.75) is 50.7 Å². The summed E-state index contributed by atoms with van der Waals surface area (Å²) >= 11 is 1.79. The van der Waals surface area contributed by atoms with Crippen LogP contribution in [0.5, 0.6) is 0 Å². The molecule has 28 heavy (non-hydrogen) atoms. The maximum Gasteiger partial charge on any atom is 0.254 e. The second kappa shape index (κ2) is 7.16. The van der Waals surface area contributed by atoms with E-state index in [9.17, 15) is 4.79 Å². The van der Waals surface area contributed by atoms with Gasteiger partial charge in [-0.3, -0.25) is 4.79 Å². The quantitative estimate of drug-likeness (QED) is 0.614. The van der Waals surface area contributed by atoms with Crippen LogP contribution in [0.3, 0.4) is 0 Å². The van der Waals surface area contributed by atoms with E-state index in [1.54, 1.807) is 17.4 Å². The second-order valence-electron chi connectivity index (χ2n) is 8.41. The zero-order chi connectivity index (χ0) is 19.3. The summed E-state index contributed by atoms with van der Waals surface area (Å²) in [7, 11) is 0. The molecule has 4 heterocycles. The number of aromatic nitrogens is 1. The molecule has 2 bridgehead atoms. The van der Waals surface area contributed by atoms with Crippen LogP contribution in [-0.2, 0) is 17.8 Å². The zero-order valence-electron chi connectivity index (χ0n) is 16.3. The highest BCUT2D eigenvalue weighted by Gasteiger charge is 2.39. The lowest BCUT2D eigenvalue weighted by Crippen LogP contribution is -2.51. The van der Waals surface area contributed by atoms with E-state index >= 15 is 0 Å². The van der Waals surface area contributed by atoms with Gasteiger partial charge in [-0.15, -0.1) is 0 Å². The fraction of sp³-hybridized carbons (Fsp3) is 0.545.